The maximum atomic E-state index is 11.9. The Hall–Kier alpha value is -0.570. The van der Waals surface area contributed by atoms with Gasteiger partial charge in [-0.15, -0.1) is 0 Å². The number of hydrogen-bond acceptors (Lipinski definition) is 2. The first-order chi connectivity index (χ1) is 8.18. The van der Waals surface area contributed by atoms with Gasteiger partial charge in [0.15, 0.2) is 0 Å². The highest BCUT2D eigenvalue weighted by molar-refractivity contribution is 5.76. The van der Waals surface area contributed by atoms with Crippen LogP contribution in [-0.2, 0) is 4.79 Å². The summed E-state index contributed by atoms with van der Waals surface area (Å²) in [4.78, 5) is 11.9. The number of nitrogens with one attached hydrogen (secondary N) is 2. The molecule has 0 aromatic carbocycles. The van der Waals surface area contributed by atoms with Crippen LogP contribution in [0.1, 0.15) is 51.9 Å². The number of rotatable bonds is 4. The van der Waals surface area contributed by atoms with Gasteiger partial charge in [0.2, 0.25) is 5.91 Å². The summed E-state index contributed by atoms with van der Waals surface area (Å²) in [6, 6.07) is 0. The summed E-state index contributed by atoms with van der Waals surface area (Å²) in [6.07, 6.45) is 8.35. The van der Waals surface area contributed by atoms with Crippen LogP contribution in [0.15, 0.2) is 0 Å². The van der Waals surface area contributed by atoms with Gasteiger partial charge in [-0.05, 0) is 50.1 Å². The van der Waals surface area contributed by atoms with E-state index < -0.39 is 0 Å². The van der Waals surface area contributed by atoms with Crippen molar-refractivity contribution in [2.24, 2.45) is 11.3 Å². The second-order valence-electron chi connectivity index (χ2n) is 6.21. The Morgan fingerprint density at radius 2 is 2.12 bits per heavy atom. The molecule has 3 heteroatoms. The van der Waals surface area contributed by atoms with Crippen molar-refractivity contribution in [3.05, 3.63) is 0 Å². The van der Waals surface area contributed by atoms with E-state index in [1.807, 2.05) is 0 Å². The first-order valence-corrected chi connectivity index (χ1v) is 7.15. The molecule has 0 bridgehead atoms. The third kappa shape index (κ3) is 3.98. The van der Waals surface area contributed by atoms with E-state index >= 15 is 0 Å². The standard InChI is InChI=1S/C14H26N2O/c1-14(6-2-3-7-14)11-16-13(17)9-12-5-4-8-15-10-12/h12,15H,2-11H2,1H3,(H,16,17). The average molecular weight is 238 g/mol. The molecule has 1 atom stereocenters. The van der Waals surface area contributed by atoms with Gasteiger partial charge in [0.05, 0.1) is 0 Å². The zero-order chi connectivity index (χ0) is 12.1. The topological polar surface area (TPSA) is 41.1 Å². The minimum absolute atomic E-state index is 0.256. The normalized spacial score (nSPS) is 27.9. The van der Waals surface area contributed by atoms with E-state index in [4.69, 9.17) is 0 Å². The highest BCUT2D eigenvalue weighted by Gasteiger charge is 2.29. The molecule has 2 aliphatic rings. The molecular formula is C14H26N2O. The van der Waals surface area contributed by atoms with Gasteiger partial charge in [-0.3, -0.25) is 4.79 Å². The fourth-order valence-corrected chi connectivity index (χ4v) is 3.15. The zero-order valence-corrected chi connectivity index (χ0v) is 11.1. The summed E-state index contributed by atoms with van der Waals surface area (Å²) in [6.45, 7) is 5.33. The number of amides is 1. The molecular weight excluding hydrogens is 212 g/mol. The minimum atomic E-state index is 0.256. The maximum Gasteiger partial charge on any atom is 0.220 e. The molecule has 98 valence electrons. The van der Waals surface area contributed by atoms with Gasteiger partial charge in [-0.1, -0.05) is 19.8 Å². The van der Waals surface area contributed by atoms with Crippen molar-refractivity contribution in [2.75, 3.05) is 19.6 Å². The summed E-state index contributed by atoms with van der Waals surface area (Å²) in [5.74, 6) is 0.812. The lowest BCUT2D eigenvalue weighted by molar-refractivity contribution is -0.122. The number of carbonyl (C=O) groups excluding carboxylic acids is 1. The molecule has 3 nitrogen and oxygen atoms in total. The van der Waals surface area contributed by atoms with E-state index in [1.165, 1.54) is 38.5 Å². The monoisotopic (exact) mass is 238 g/mol. The van der Waals surface area contributed by atoms with Gasteiger partial charge in [-0.25, -0.2) is 0 Å². The Labute approximate surface area is 105 Å². The average Bonchev–Trinajstić information content (AvgIpc) is 2.76. The Bertz CT molecular complexity index is 253. The van der Waals surface area contributed by atoms with Gasteiger partial charge < -0.3 is 10.6 Å². The largest absolute Gasteiger partial charge is 0.356 e. The molecule has 1 heterocycles. The van der Waals surface area contributed by atoms with Crippen LogP contribution in [0.25, 0.3) is 0 Å². The van der Waals surface area contributed by atoms with Crippen LogP contribution < -0.4 is 10.6 Å². The SMILES string of the molecule is CC1(CNC(=O)CC2CCCNC2)CCCC1. The van der Waals surface area contributed by atoms with Gasteiger partial charge in [0.1, 0.15) is 0 Å². The summed E-state index contributed by atoms with van der Waals surface area (Å²) in [5.41, 5.74) is 0.375. The van der Waals surface area contributed by atoms with E-state index in [0.29, 0.717) is 17.8 Å². The molecule has 2 fully saturated rings. The van der Waals surface area contributed by atoms with Crippen LogP contribution in [0.3, 0.4) is 0 Å². The minimum Gasteiger partial charge on any atom is -0.356 e. The number of piperidine rings is 1. The molecule has 2 N–H and O–H groups in total. The van der Waals surface area contributed by atoms with E-state index in [2.05, 4.69) is 17.6 Å². The summed E-state index contributed by atoms with van der Waals surface area (Å²) < 4.78 is 0. The van der Waals surface area contributed by atoms with Crippen LogP contribution in [0.4, 0.5) is 0 Å². The highest BCUT2D eigenvalue weighted by Crippen LogP contribution is 2.36. The molecule has 0 aromatic heterocycles. The van der Waals surface area contributed by atoms with Crippen molar-refractivity contribution < 1.29 is 4.79 Å². The Morgan fingerprint density at radius 3 is 2.76 bits per heavy atom. The Balaban J connectivity index is 1.66. The molecule has 1 saturated heterocycles. The zero-order valence-electron chi connectivity index (χ0n) is 11.1. The fraction of sp³-hybridized carbons (Fsp3) is 0.929. The molecule has 0 spiro atoms. The molecule has 1 aliphatic carbocycles. The molecule has 1 amide bonds. The molecule has 0 aromatic rings. The second-order valence-corrected chi connectivity index (χ2v) is 6.21. The summed E-state index contributed by atoms with van der Waals surface area (Å²) in [5, 5.41) is 6.51. The molecule has 1 unspecified atom stereocenters. The van der Waals surface area contributed by atoms with Crippen molar-refractivity contribution in [2.45, 2.75) is 51.9 Å². The quantitative estimate of drug-likeness (QED) is 0.787. The van der Waals surface area contributed by atoms with Crippen LogP contribution >= 0.6 is 0 Å². The van der Waals surface area contributed by atoms with Crippen LogP contribution in [0.2, 0.25) is 0 Å². The number of carbonyl (C=O) groups is 1. The highest BCUT2D eigenvalue weighted by atomic mass is 16.1. The first kappa shape index (κ1) is 12.9. The van der Waals surface area contributed by atoms with Gasteiger partial charge in [0, 0.05) is 13.0 Å². The van der Waals surface area contributed by atoms with Gasteiger partial charge >= 0.3 is 0 Å². The predicted molar refractivity (Wildman–Crippen MR) is 69.8 cm³/mol. The second kappa shape index (κ2) is 5.85. The lowest BCUT2D eigenvalue weighted by Crippen LogP contribution is -2.37. The van der Waals surface area contributed by atoms with Crippen molar-refractivity contribution in [3.63, 3.8) is 0 Å². The molecule has 2 rings (SSSR count). The third-order valence-electron chi connectivity index (χ3n) is 4.40. The fourth-order valence-electron chi connectivity index (χ4n) is 3.15. The van der Waals surface area contributed by atoms with Crippen molar-refractivity contribution in [3.8, 4) is 0 Å². The van der Waals surface area contributed by atoms with E-state index in [1.54, 1.807) is 0 Å². The lowest BCUT2D eigenvalue weighted by atomic mass is 9.88. The molecule has 1 saturated carbocycles. The van der Waals surface area contributed by atoms with Crippen LogP contribution in [0.5, 0.6) is 0 Å². The molecule has 1 aliphatic heterocycles. The first-order valence-electron chi connectivity index (χ1n) is 7.15. The summed E-state index contributed by atoms with van der Waals surface area (Å²) in [7, 11) is 0. The Kier molecular flexibility index (Phi) is 4.43. The van der Waals surface area contributed by atoms with Gasteiger partial charge in [-0.2, -0.15) is 0 Å². The molecule has 0 radical (unpaired) electrons. The summed E-state index contributed by atoms with van der Waals surface area (Å²) >= 11 is 0. The van der Waals surface area contributed by atoms with Crippen molar-refractivity contribution >= 4 is 5.91 Å². The van der Waals surface area contributed by atoms with E-state index in [9.17, 15) is 4.79 Å². The van der Waals surface area contributed by atoms with Crippen molar-refractivity contribution in [1.82, 2.24) is 10.6 Å². The van der Waals surface area contributed by atoms with Crippen molar-refractivity contribution in [1.29, 1.82) is 0 Å². The maximum absolute atomic E-state index is 11.9. The Morgan fingerprint density at radius 1 is 1.35 bits per heavy atom. The lowest BCUT2D eigenvalue weighted by Gasteiger charge is -2.25. The van der Waals surface area contributed by atoms with Gasteiger partial charge in [0.25, 0.3) is 0 Å². The smallest absolute Gasteiger partial charge is 0.220 e. The number of hydrogen-bond donors (Lipinski definition) is 2. The van der Waals surface area contributed by atoms with Crippen LogP contribution in [0, 0.1) is 11.3 Å². The molecule has 17 heavy (non-hydrogen) atoms. The van der Waals surface area contributed by atoms with Crippen LogP contribution in [-0.4, -0.2) is 25.5 Å². The third-order valence-corrected chi connectivity index (χ3v) is 4.40. The van der Waals surface area contributed by atoms with E-state index in [-0.39, 0.29) is 5.91 Å². The predicted octanol–water partition coefficient (Wildman–Crippen LogP) is 2.07. The van der Waals surface area contributed by atoms with E-state index in [0.717, 1.165) is 19.6 Å².